The molecule has 5 heavy (non-hydrogen) atoms. The fourth-order valence-electron chi connectivity index (χ4n) is 0. The fraction of sp³-hybridized carbons (Fsp3) is 0. The van der Waals surface area contributed by atoms with Gasteiger partial charge in [0.2, 0.25) is 0 Å². The Hall–Kier alpha value is 1.77. The predicted molar refractivity (Wildman–Crippen MR) is 26.3 cm³/mol. The van der Waals surface area contributed by atoms with E-state index in [4.69, 9.17) is 4.57 Å². The maximum atomic E-state index is 8.06. The summed E-state index contributed by atoms with van der Waals surface area (Å²) in [5.74, 6) is 0. The van der Waals surface area contributed by atoms with Crippen LogP contribution in [0.3, 0.4) is 0 Å². The first kappa shape index (κ1) is 29.4. The zero-order valence-corrected chi connectivity index (χ0v) is 7.24. The third-order valence-corrected chi connectivity index (χ3v) is 0. The van der Waals surface area contributed by atoms with Crippen molar-refractivity contribution < 1.29 is 4.57 Å². The van der Waals surface area contributed by atoms with Crippen molar-refractivity contribution in [2.45, 2.75) is 0 Å². The minimum Gasteiger partial charge on any atom is -0.279 e. The van der Waals surface area contributed by atoms with E-state index in [0.717, 1.165) is 0 Å². The summed E-state index contributed by atoms with van der Waals surface area (Å²) in [6.45, 7) is 0. The van der Waals surface area contributed by atoms with E-state index in [1.54, 1.807) is 9.12 Å². The summed E-state index contributed by atoms with van der Waals surface area (Å²) in [6.07, 6.45) is 0. The second-order valence-corrected chi connectivity index (χ2v) is 0. The van der Waals surface area contributed by atoms with Crippen molar-refractivity contribution >= 4 is 62.9 Å². The number of hydrogen-bond acceptors (Lipinski definition) is 1. The number of rotatable bonds is 0. The second-order valence-electron chi connectivity index (χ2n) is 0. The Morgan fingerprint density at radius 1 is 1.20 bits per heavy atom. The van der Waals surface area contributed by atoms with Gasteiger partial charge in [-0.2, -0.15) is 0 Å². The molecular weight excluding hydrogens is 154 g/mol. The van der Waals surface area contributed by atoms with Gasteiger partial charge in [-0.05, 0) is 0 Å². The molecule has 0 bridgehead atoms. The van der Waals surface area contributed by atoms with Gasteiger partial charge in [0.15, 0.2) is 0 Å². The molecule has 0 atom stereocenters. The molecule has 0 fully saturated rings. The minimum atomic E-state index is 0. The molecule has 0 saturated carbocycles. The van der Waals surface area contributed by atoms with E-state index >= 15 is 0 Å². The van der Waals surface area contributed by atoms with Crippen molar-refractivity contribution in [1.29, 1.82) is 0 Å². The average molecular weight is 155 g/mol. The first-order valence-electron chi connectivity index (χ1n) is 0.204. The first-order chi connectivity index (χ1) is 1.00. The summed E-state index contributed by atoms with van der Waals surface area (Å²) in [6, 6.07) is 0. The molecule has 0 aliphatic carbocycles. The molecule has 8 radical (unpaired) electrons. The van der Waals surface area contributed by atoms with Gasteiger partial charge in [0.25, 0.3) is 0 Å². The topological polar surface area (TPSA) is 17.1 Å². The van der Waals surface area contributed by atoms with Gasteiger partial charge in [0.05, 0.1) is 0 Å². The molecule has 0 spiro atoms. The summed E-state index contributed by atoms with van der Waals surface area (Å²) in [5, 5.41) is 0. The molecule has 0 rings (SSSR count). The maximum Gasteiger partial charge on any atom is 0.138 e. The number of hydrogen-bond donors (Lipinski definition) is 0. The Morgan fingerprint density at radius 2 is 1.20 bits per heavy atom. The van der Waals surface area contributed by atoms with E-state index in [1.807, 2.05) is 0 Å². The third-order valence-electron chi connectivity index (χ3n) is 0. The van der Waals surface area contributed by atoms with Crippen LogP contribution in [0, 0.1) is 0 Å². The molecule has 0 aliphatic rings. The molecule has 0 saturated heterocycles. The van der Waals surface area contributed by atoms with Crippen molar-refractivity contribution in [3.8, 4) is 0 Å². The standard InChI is InChI=1S/Al.Ge.Li.HOP/c;;;1-2/h;;;2H. The van der Waals surface area contributed by atoms with Gasteiger partial charge in [-0.25, -0.2) is 0 Å². The monoisotopic (exact) mass is 156 g/mol. The Kier molecular flexibility index (Phi) is 246. The van der Waals surface area contributed by atoms with Crippen LogP contribution in [0.5, 0.6) is 0 Å². The van der Waals surface area contributed by atoms with Gasteiger partial charge in [-0.3, -0.25) is 4.57 Å². The Bertz CT molecular complexity index is 11.6. The normalized spacial score (nSPS) is 0.800. The van der Waals surface area contributed by atoms with Crippen molar-refractivity contribution in [1.82, 2.24) is 0 Å². The molecular formula is HAlGeLiOP. The quantitative estimate of drug-likeness (QED) is 0.334. The molecule has 1 nitrogen and oxygen atoms in total. The zero-order chi connectivity index (χ0) is 2.00. The maximum absolute atomic E-state index is 8.06. The van der Waals surface area contributed by atoms with E-state index in [9.17, 15) is 0 Å². The van der Waals surface area contributed by atoms with Gasteiger partial charge >= 0.3 is 0 Å². The van der Waals surface area contributed by atoms with Crippen molar-refractivity contribution in [3.63, 3.8) is 0 Å². The Morgan fingerprint density at radius 3 is 1.20 bits per heavy atom. The van der Waals surface area contributed by atoms with Crippen LogP contribution in [0.1, 0.15) is 0 Å². The van der Waals surface area contributed by atoms with Gasteiger partial charge in [0, 0.05) is 53.8 Å². The van der Waals surface area contributed by atoms with Gasteiger partial charge in [-0.15, -0.1) is 0 Å². The summed E-state index contributed by atoms with van der Waals surface area (Å²) >= 11 is 0. The molecule has 0 aromatic heterocycles. The summed E-state index contributed by atoms with van der Waals surface area (Å²) in [4.78, 5) is 0. The van der Waals surface area contributed by atoms with Crippen LogP contribution in [0.25, 0.3) is 0 Å². The largest absolute Gasteiger partial charge is 0.279 e. The van der Waals surface area contributed by atoms with Crippen LogP contribution in [0.4, 0.5) is 0 Å². The minimum absolute atomic E-state index is 0. The van der Waals surface area contributed by atoms with E-state index in [2.05, 4.69) is 0 Å². The van der Waals surface area contributed by atoms with Crippen LogP contribution < -0.4 is 0 Å². The molecule has 0 aromatic rings. The molecule has 0 amide bonds. The smallest absolute Gasteiger partial charge is 0.138 e. The van der Waals surface area contributed by atoms with Crippen molar-refractivity contribution in [3.05, 3.63) is 0 Å². The van der Waals surface area contributed by atoms with E-state index in [0.29, 0.717) is 0 Å². The Balaban J connectivity index is -0.00000000167. The van der Waals surface area contributed by atoms with Crippen LogP contribution in [-0.2, 0) is 4.57 Å². The SMILES string of the molecule is O=P.[Al].[Ge].[Li]. The Labute approximate surface area is 67.2 Å². The van der Waals surface area contributed by atoms with Crippen molar-refractivity contribution in [2.75, 3.05) is 0 Å². The molecule has 0 aliphatic heterocycles. The second kappa shape index (κ2) is 41.8. The molecule has 0 aromatic carbocycles. The van der Waals surface area contributed by atoms with Gasteiger partial charge < -0.3 is 0 Å². The fourth-order valence-corrected chi connectivity index (χ4v) is 0. The summed E-state index contributed by atoms with van der Waals surface area (Å²) < 4.78 is 8.06. The van der Waals surface area contributed by atoms with Crippen LogP contribution in [0.2, 0.25) is 0 Å². The van der Waals surface area contributed by atoms with Crippen LogP contribution >= 0.6 is 9.12 Å². The molecule has 5 heteroatoms. The van der Waals surface area contributed by atoms with Crippen LogP contribution in [-0.4, -0.2) is 53.8 Å². The summed E-state index contributed by atoms with van der Waals surface area (Å²) in [7, 11) is 1.72. The molecule has 0 heterocycles. The van der Waals surface area contributed by atoms with E-state index in [1.165, 1.54) is 0 Å². The first-order valence-corrected chi connectivity index (χ1v) is 0.612. The van der Waals surface area contributed by atoms with Gasteiger partial charge in [-0.1, -0.05) is 0 Å². The predicted octanol–water partition coefficient (Wildman–Crippen LogP) is -0.668. The van der Waals surface area contributed by atoms with Crippen molar-refractivity contribution in [2.24, 2.45) is 0 Å². The average Bonchev–Trinajstić information content (AvgIpc) is 1.00. The summed E-state index contributed by atoms with van der Waals surface area (Å²) in [5.41, 5.74) is 0. The van der Waals surface area contributed by atoms with Crippen LogP contribution in [0.15, 0.2) is 0 Å². The molecule has 20 valence electrons. The third kappa shape index (κ3) is 26.1. The molecule has 0 unspecified atom stereocenters. The van der Waals surface area contributed by atoms with E-state index < -0.39 is 0 Å². The van der Waals surface area contributed by atoms with Gasteiger partial charge in [0.1, 0.15) is 9.12 Å². The molecule has 0 N–H and O–H groups in total. The van der Waals surface area contributed by atoms with E-state index in [-0.39, 0.29) is 53.8 Å². The zero-order valence-electron chi connectivity index (χ0n) is 2.99.